The van der Waals surface area contributed by atoms with Crippen molar-refractivity contribution >= 4 is 12.1 Å². The Bertz CT molecular complexity index is 357. The molecule has 1 aliphatic rings. The molecule has 0 bridgehead atoms. The Labute approximate surface area is 114 Å². The first-order chi connectivity index (χ1) is 8.83. The fraction of sp³-hybridized carbons (Fsp3) is 0.714. The number of esters is 1. The summed E-state index contributed by atoms with van der Waals surface area (Å²) in [6, 6.07) is -0.0840. The summed E-state index contributed by atoms with van der Waals surface area (Å²) in [6.07, 6.45) is 4.53. The topological polar surface area (TPSA) is 55.8 Å². The molecule has 0 unspecified atom stereocenters. The molecule has 5 heteroatoms. The number of likely N-dealkylation sites (tertiary alicyclic amines) is 1. The van der Waals surface area contributed by atoms with Crippen LogP contribution in [-0.2, 0) is 14.3 Å². The van der Waals surface area contributed by atoms with Crippen molar-refractivity contribution in [1.82, 2.24) is 4.90 Å². The van der Waals surface area contributed by atoms with Gasteiger partial charge in [-0.1, -0.05) is 6.08 Å². The highest BCUT2D eigenvalue weighted by Crippen LogP contribution is 2.21. The Morgan fingerprint density at radius 3 is 2.63 bits per heavy atom. The first-order valence-electron chi connectivity index (χ1n) is 6.68. The monoisotopic (exact) mass is 269 g/mol. The maximum absolute atomic E-state index is 12.0. The summed E-state index contributed by atoms with van der Waals surface area (Å²) in [5, 5.41) is 0. The second kappa shape index (κ2) is 6.59. The quantitative estimate of drug-likeness (QED) is 0.583. The van der Waals surface area contributed by atoms with Crippen molar-refractivity contribution in [1.29, 1.82) is 0 Å². The summed E-state index contributed by atoms with van der Waals surface area (Å²) < 4.78 is 10.2. The number of carbonyl (C=O) groups is 2. The third kappa shape index (κ3) is 5.32. The molecule has 0 saturated carbocycles. The second-order valence-electron chi connectivity index (χ2n) is 5.49. The van der Waals surface area contributed by atoms with Gasteiger partial charge < -0.3 is 14.4 Å². The van der Waals surface area contributed by atoms with E-state index >= 15 is 0 Å². The lowest BCUT2D eigenvalue weighted by atomic mass is 10.2. The predicted molar refractivity (Wildman–Crippen MR) is 71.7 cm³/mol. The van der Waals surface area contributed by atoms with Gasteiger partial charge in [0, 0.05) is 12.6 Å². The van der Waals surface area contributed by atoms with Gasteiger partial charge in [-0.25, -0.2) is 9.59 Å². The Morgan fingerprint density at radius 2 is 2.05 bits per heavy atom. The number of nitrogens with zero attached hydrogens (tertiary/aromatic N) is 1. The zero-order valence-corrected chi connectivity index (χ0v) is 12.1. The maximum Gasteiger partial charge on any atom is 0.410 e. The third-order valence-corrected chi connectivity index (χ3v) is 2.67. The van der Waals surface area contributed by atoms with Gasteiger partial charge in [-0.3, -0.25) is 0 Å². The van der Waals surface area contributed by atoms with Crippen LogP contribution in [0.3, 0.4) is 0 Å². The van der Waals surface area contributed by atoms with Gasteiger partial charge in [-0.15, -0.1) is 0 Å². The lowest BCUT2D eigenvalue weighted by molar-refractivity contribution is -0.137. The molecule has 0 N–H and O–H groups in total. The molecule has 1 aliphatic heterocycles. The van der Waals surface area contributed by atoms with Crippen LogP contribution in [0.2, 0.25) is 0 Å². The van der Waals surface area contributed by atoms with Gasteiger partial charge in [0.15, 0.2) is 0 Å². The van der Waals surface area contributed by atoms with Crippen LogP contribution in [0, 0.1) is 0 Å². The van der Waals surface area contributed by atoms with Gasteiger partial charge in [0.1, 0.15) is 5.60 Å². The molecule has 0 spiro atoms. The summed E-state index contributed by atoms with van der Waals surface area (Å²) in [5.41, 5.74) is -0.505. The summed E-state index contributed by atoms with van der Waals surface area (Å²) in [6.45, 7) is 8.28. The molecule has 5 nitrogen and oxygen atoms in total. The van der Waals surface area contributed by atoms with Crippen molar-refractivity contribution in [2.45, 2.75) is 52.2 Å². The van der Waals surface area contributed by atoms with Crippen LogP contribution in [0.5, 0.6) is 0 Å². The Morgan fingerprint density at radius 1 is 1.37 bits per heavy atom. The van der Waals surface area contributed by atoms with E-state index in [1.54, 1.807) is 17.9 Å². The number of hydrogen-bond donors (Lipinski definition) is 0. The average molecular weight is 269 g/mol. The Hall–Kier alpha value is -1.52. The summed E-state index contributed by atoms with van der Waals surface area (Å²) >= 11 is 0. The molecule has 1 heterocycles. The van der Waals surface area contributed by atoms with Crippen molar-refractivity contribution in [2.24, 2.45) is 0 Å². The second-order valence-corrected chi connectivity index (χ2v) is 5.49. The number of rotatable bonds is 3. The van der Waals surface area contributed by atoms with Crippen LogP contribution in [0.15, 0.2) is 12.2 Å². The summed E-state index contributed by atoms with van der Waals surface area (Å²) in [7, 11) is 0. The van der Waals surface area contributed by atoms with Gasteiger partial charge in [-0.05, 0) is 40.5 Å². The fourth-order valence-electron chi connectivity index (χ4n) is 1.92. The maximum atomic E-state index is 12.0. The molecular formula is C14H23NO4. The first-order valence-corrected chi connectivity index (χ1v) is 6.68. The van der Waals surface area contributed by atoms with Crippen LogP contribution in [0.1, 0.15) is 40.5 Å². The van der Waals surface area contributed by atoms with E-state index in [0.717, 1.165) is 12.8 Å². The number of carbonyl (C=O) groups excluding carboxylic acids is 2. The van der Waals surface area contributed by atoms with Gasteiger partial charge in [0.25, 0.3) is 0 Å². The zero-order chi connectivity index (χ0) is 14.5. The van der Waals surface area contributed by atoms with Crippen LogP contribution >= 0.6 is 0 Å². The van der Waals surface area contributed by atoms with E-state index in [2.05, 4.69) is 0 Å². The van der Waals surface area contributed by atoms with E-state index in [-0.39, 0.29) is 18.1 Å². The highest BCUT2D eigenvalue weighted by molar-refractivity contribution is 5.82. The van der Waals surface area contributed by atoms with Crippen LogP contribution in [0.4, 0.5) is 4.79 Å². The van der Waals surface area contributed by atoms with Gasteiger partial charge >= 0.3 is 12.1 Å². The minimum Gasteiger partial charge on any atom is -0.463 e. The van der Waals surface area contributed by atoms with Crippen LogP contribution in [0.25, 0.3) is 0 Å². The minimum absolute atomic E-state index is 0.0840. The van der Waals surface area contributed by atoms with E-state index in [0.29, 0.717) is 13.2 Å². The van der Waals surface area contributed by atoms with Gasteiger partial charge in [-0.2, -0.15) is 0 Å². The molecule has 0 aromatic carbocycles. The van der Waals surface area contributed by atoms with Crippen molar-refractivity contribution in [3.05, 3.63) is 12.2 Å². The normalized spacial score (nSPS) is 19.8. The smallest absolute Gasteiger partial charge is 0.410 e. The van der Waals surface area contributed by atoms with Crippen LogP contribution < -0.4 is 0 Å². The Balaban J connectivity index is 2.59. The molecule has 1 amide bonds. The molecule has 0 aliphatic carbocycles. The third-order valence-electron chi connectivity index (χ3n) is 2.67. The van der Waals surface area contributed by atoms with Crippen molar-refractivity contribution in [3.8, 4) is 0 Å². The molecular weight excluding hydrogens is 246 g/mol. The standard InChI is InChI=1S/C14H23NO4/c1-5-18-12(16)9-8-11-7-6-10-15(11)13(17)19-14(2,3)4/h8-9,11H,5-7,10H2,1-4H3/b9-8+/t11-/m1/s1. The molecule has 108 valence electrons. The van der Waals surface area contributed by atoms with Crippen LogP contribution in [-0.4, -0.2) is 41.8 Å². The molecule has 1 saturated heterocycles. The molecule has 0 aromatic rings. The van der Waals surface area contributed by atoms with Crippen molar-refractivity contribution in [3.63, 3.8) is 0 Å². The molecule has 1 rings (SSSR count). The molecule has 0 aromatic heterocycles. The Kier molecular flexibility index (Phi) is 5.39. The number of amides is 1. The van der Waals surface area contributed by atoms with E-state index in [4.69, 9.17) is 9.47 Å². The highest BCUT2D eigenvalue weighted by Gasteiger charge is 2.30. The van der Waals surface area contributed by atoms with E-state index in [1.807, 2.05) is 20.8 Å². The number of hydrogen-bond acceptors (Lipinski definition) is 4. The lowest BCUT2D eigenvalue weighted by Gasteiger charge is -2.27. The lowest BCUT2D eigenvalue weighted by Crippen LogP contribution is -2.39. The molecule has 1 fully saturated rings. The molecule has 1 atom stereocenters. The van der Waals surface area contributed by atoms with E-state index in [1.165, 1.54) is 6.08 Å². The van der Waals surface area contributed by atoms with Crippen molar-refractivity contribution in [2.75, 3.05) is 13.2 Å². The summed E-state index contributed by atoms with van der Waals surface area (Å²) in [5.74, 6) is -0.376. The largest absolute Gasteiger partial charge is 0.463 e. The van der Waals surface area contributed by atoms with Gasteiger partial charge in [0.05, 0.1) is 12.6 Å². The highest BCUT2D eigenvalue weighted by atomic mass is 16.6. The molecule has 19 heavy (non-hydrogen) atoms. The van der Waals surface area contributed by atoms with Gasteiger partial charge in [0.2, 0.25) is 0 Å². The van der Waals surface area contributed by atoms with Crippen molar-refractivity contribution < 1.29 is 19.1 Å². The number of ether oxygens (including phenoxy) is 2. The fourth-order valence-corrected chi connectivity index (χ4v) is 1.92. The van der Waals surface area contributed by atoms with E-state index < -0.39 is 5.60 Å². The first kappa shape index (κ1) is 15.5. The summed E-state index contributed by atoms with van der Waals surface area (Å²) in [4.78, 5) is 24.9. The predicted octanol–water partition coefficient (Wildman–Crippen LogP) is 2.51. The molecule has 0 radical (unpaired) electrons. The zero-order valence-electron chi connectivity index (χ0n) is 12.1. The SMILES string of the molecule is CCOC(=O)/C=C/[C@H]1CCCN1C(=O)OC(C)(C)C. The minimum atomic E-state index is -0.505. The average Bonchev–Trinajstić information content (AvgIpc) is 2.72. The van der Waals surface area contributed by atoms with E-state index in [9.17, 15) is 9.59 Å².